The highest BCUT2D eigenvalue weighted by Crippen LogP contribution is 2.40. The van der Waals surface area contributed by atoms with Crippen molar-refractivity contribution in [1.82, 2.24) is 10.3 Å². The first-order valence-electron chi connectivity index (χ1n) is 6.35. The number of hydrogen-bond acceptors (Lipinski definition) is 3. The zero-order valence-corrected chi connectivity index (χ0v) is 9.34. The SMILES string of the molecule is c1ccc(N2C3CC4CC2CC(C3)N4)nc1. The van der Waals surface area contributed by atoms with Crippen molar-refractivity contribution in [3.05, 3.63) is 24.4 Å². The van der Waals surface area contributed by atoms with Crippen molar-refractivity contribution in [1.29, 1.82) is 0 Å². The maximum absolute atomic E-state index is 4.53. The summed E-state index contributed by atoms with van der Waals surface area (Å²) in [7, 11) is 0. The predicted octanol–water partition coefficient (Wildman–Crippen LogP) is 1.55. The lowest BCUT2D eigenvalue weighted by atomic mass is 9.74. The standard InChI is InChI=1S/C13H17N3/c1-2-4-14-13(3-1)16-11-5-9-6-12(16)8-10(7-11)15-9/h1-4,9-12,15H,5-8H2. The van der Waals surface area contributed by atoms with Gasteiger partial charge in [0.15, 0.2) is 0 Å². The van der Waals surface area contributed by atoms with E-state index in [1.807, 2.05) is 12.3 Å². The van der Waals surface area contributed by atoms with Crippen LogP contribution < -0.4 is 10.2 Å². The monoisotopic (exact) mass is 215 g/mol. The van der Waals surface area contributed by atoms with Gasteiger partial charge in [0.1, 0.15) is 5.82 Å². The summed E-state index contributed by atoms with van der Waals surface area (Å²) in [5, 5.41) is 3.74. The fourth-order valence-corrected chi connectivity index (χ4v) is 3.94. The van der Waals surface area contributed by atoms with E-state index >= 15 is 0 Å². The highest BCUT2D eigenvalue weighted by atomic mass is 15.3. The maximum atomic E-state index is 4.53. The summed E-state index contributed by atoms with van der Waals surface area (Å²) in [6, 6.07) is 9.30. The second-order valence-electron chi connectivity index (χ2n) is 5.41. The van der Waals surface area contributed by atoms with Gasteiger partial charge in [-0.15, -0.1) is 0 Å². The maximum Gasteiger partial charge on any atom is 0.128 e. The number of anilines is 1. The van der Waals surface area contributed by atoms with Crippen LogP contribution in [-0.2, 0) is 0 Å². The molecule has 1 aromatic rings. The molecule has 16 heavy (non-hydrogen) atoms. The second-order valence-corrected chi connectivity index (χ2v) is 5.41. The third-order valence-electron chi connectivity index (χ3n) is 4.40. The van der Waals surface area contributed by atoms with Crippen LogP contribution in [0.2, 0.25) is 0 Å². The van der Waals surface area contributed by atoms with E-state index in [-0.39, 0.29) is 0 Å². The largest absolute Gasteiger partial charge is 0.350 e. The lowest BCUT2D eigenvalue weighted by Gasteiger charge is -2.57. The lowest BCUT2D eigenvalue weighted by molar-refractivity contribution is 0.134. The molecule has 0 amide bonds. The van der Waals surface area contributed by atoms with Crippen molar-refractivity contribution < 1.29 is 0 Å². The number of rotatable bonds is 1. The molecule has 3 nitrogen and oxygen atoms in total. The molecular formula is C13H17N3. The second kappa shape index (κ2) is 3.20. The first-order chi connectivity index (χ1) is 7.90. The van der Waals surface area contributed by atoms with Crippen LogP contribution in [0.15, 0.2) is 24.4 Å². The Balaban J connectivity index is 1.70. The molecule has 0 unspecified atom stereocenters. The van der Waals surface area contributed by atoms with Crippen LogP contribution in [0.4, 0.5) is 5.82 Å². The summed E-state index contributed by atoms with van der Waals surface area (Å²) < 4.78 is 0. The molecule has 0 aliphatic carbocycles. The highest BCUT2D eigenvalue weighted by molar-refractivity contribution is 5.43. The summed E-state index contributed by atoms with van der Waals surface area (Å²) >= 11 is 0. The lowest BCUT2D eigenvalue weighted by Crippen LogP contribution is -2.67. The van der Waals surface area contributed by atoms with Crippen molar-refractivity contribution in [3.8, 4) is 0 Å². The summed E-state index contributed by atoms with van der Waals surface area (Å²) in [5.41, 5.74) is 0. The van der Waals surface area contributed by atoms with E-state index in [0.29, 0.717) is 0 Å². The Kier molecular flexibility index (Phi) is 1.80. The van der Waals surface area contributed by atoms with Gasteiger partial charge in [0.05, 0.1) is 0 Å². The molecule has 4 bridgehead atoms. The number of hydrogen-bond donors (Lipinski definition) is 1. The zero-order valence-electron chi connectivity index (χ0n) is 9.34. The molecule has 4 fully saturated rings. The van der Waals surface area contributed by atoms with Crippen LogP contribution >= 0.6 is 0 Å². The number of nitrogens with one attached hydrogen (secondary N) is 1. The molecular weight excluding hydrogens is 198 g/mol. The summed E-state index contributed by atoms with van der Waals surface area (Å²) in [6.45, 7) is 0. The van der Waals surface area contributed by atoms with Gasteiger partial charge in [-0.25, -0.2) is 4.98 Å². The van der Waals surface area contributed by atoms with Gasteiger partial charge in [0, 0.05) is 30.4 Å². The van der Waals surface area contributed by atoms with Gasteiger partial charge in [-0.1, -0.05) is 6.07 Å². The van der Waals surface area contributed by atoms with E-state index in [9.17, 15) is 0 Å². The average Bonchev–Trinajstić information content (AvgIpc) is 2.29. The summed E-state index contributed by atoms with van der Waals surface area (Å²) in [5.74, 6) is 1.19. The molecule has 0 atom stereocenters. The molecule has 5 rings (SSSR count). The van der Waals surface area contributed by atoms with Crippen molar-refractivity contribution >= 4 is 5.82 Å². The van der Waals surface area contributed by atoms with E-state index < -0.39 is 0 Å². The Hall–Kier alpha value is -1.09. The van der Waals surface area contributed by atoms with Crippen LogP contribution in [0.1, 0.15) is 25.7 Å². The number of pyridine rings is 1. The summed E-state index contributed by atoms with van der Waals surface area (Å²) in [4.78, 5) is 7.12. The summed E-state index contributed by atoms with van der Waals surface area (Å²) in [6.07, 6.45) is 7.15. The Morgan fingerprint density at radius 1 is 1.06 bits per heavy atom. The van der Waals surface area contributed by atoms with E-state index in [1.54, 1.807) is 0 Å². The van der Waals surface area contributed by atoms with Crippen LogP contribution in [0.25, 0.3) is 0 Å². The Morgan fingerprint density at radius 2 is 1.75 bits per heavy atom. The smallest absolute Gasteiger partial charge is 0.128 e. The van der Waals surface area contributed by atoms with Crippen LogP contribution in [-0.4, -0.2) is 29.2 Å². The van der Waals surface area contributed by atoms with E-state index in [1.165, 1.54) is 31.5 Å². The number of piperidine rings is 4. The fraction of sp³-hybridized carbons (Fsp3) is 0.615. The average molecular weight is 215 g/mol. The minimum Gasteiger partial charge on any atom is -0.350 e. The molecule has 3 heteroatoms. The number of nitrogens with zero attached hydrogens (tertiary/aromatic N) is 2. The molecule has 0 spiro atoms. The molecule has 4 saturated heterocycles. The Morgan fingerprint density at radius 3 is 2.31 bits per heavy atom. The van der Waals surface area contributed by atoms with Gasteiger partial charge in [0.2, 0.25) is 0 Å². The van der Waals surface area contributed by atoms with Gasteiger partial charge in [0.25, 0.3) is 0 Å². The Labute approximate surface area is 95.9 Å². The minimum atomic E-state index is 0.735. The number of aromatic nitrogens is 1. The fourth-order valence-electron chi connectivity index (χ4n) is 3.94. The predicted molar refractivity (Wildman–Crippen MR) is 63.5 cm³/mol. The molecule has 5 heterocycles. The quantitative estimate of drug-likeness (QED) is 0.770. The van der Waals surface area contributed by atoms with Crippen LogP contribution in [0.5, 0.6) is 0 Å². The van der Waals surface area contributed by atoms with Gasteiger partial charge in [-0.3, -0.25) is 0 Å². The normalized spacial score (nSPS) is 40.4. The molecule has 4 aliphatic rings. The molecule has 0 aromatic carbocycles. The molecule has 1 N–H and O–H groups in total. The third-order valence-corrected chi connectivity index (χ3v) is 4.40. The van der Waals surface area contributed by atoms with Gasteiger partial charge >= 0.3 is 0 Å². The molecule has 1 aromatic heterocycles. The minimum absolute atomic E-state index is 0.735. The van der Waals surface area contributed by atoms with Gasteiger partial charge in [-0.05, 0) is 37.8 Å². The van der Waals surface area contributed by atoms with Crippen molar-refractivity contribution in [3.63, 3.8) is 0 Å². The van der Waals surface area contributed by atoms with Gasteiger partial charge in [-0.2, -0.15) is 0 Å². The van der Waals surface area contributed by atoms with E-state index in [4.69, 9.17) is 0 Å². The molecule has 84 valence electrons. The zero-order chi connectivity index (χ0) is 10.5. The molecule has 4 aliphatic heterocycles. The van der Waals surface area contributed by atoms with Crippen LogP contribution in [0.3, 0.4) is 0 Å². The Bertz CT molecular complexity index is 361. The first-order valence-corrected chi connectivity index (χ1v) is 6.35. The molecule has 0 radical (unpaired) electrons. The first kappa shape index (κ1) is 8.99. The van der Waals surface area contributed by atoms with E-state index in [0.717, 1.165) is 24.2 Å². The highest BCUT2D eigenvalue weighted by Gasteiger charge is 2.46. The van der Waals surface area contributed by atoms with Crippen LogP contribution in [0, 0.1) is 0 Å². The van der Waals surface area contributed by atoms with Crippen molar-refractivity contribution in [2.75, 3.05) is 4.90 Å². The van der Waals surface area contributed by atoms with E-state index in [2.05, 4.69) is 27.3 Å². The van der Waals surface area contributed by atoms with Crippen molar-refractivity contribution in [2.45, 2.75) is 49.9 Å². The topological polar surface area (TPSA) is 28.2 Å². The van der Waals surface area contributed by atoms with Gasteiger partial charge < -0.3 is 10.2 Å². The van der Waals surface area contributed by atoms with Crippen molar-refractivity contribution in [2.24, 2.45) is 0 Å². The molecule has 0 saturated carbocycles. The third kappa shape index (κ3) is 1.21.